The molecule has 0 saturated carbocycles. The lowest BCUT2D eigenvalue weighted by Crippen LogP contribution is -3.14. The average molecular weight is 440 g/mol. The number of quaternary nitrogens is 1. The molecule has 0 bridgehead atoms. The van der Waals surface area contributed by atoms with Gasteiger partial charge in [-0.05, 0) is 48.9 Å². The summed E-state index contributed by atoms with van der Waals surface area (Å²) >= 11 is 18.5. The predicted octanol–water partition coefficient (Wildman–Crippen LogP) is 4.02. The molecule has 28 heavy (non-hydrogen) atoms. The van der Waals surface area contributed by atoms with Gasteiger partial charge in [-0.1, -0.05) is 40.9 Å². The standard InChI is InChI=1S/C21H22Cl3N3O/c1-2-26-9-11-27(12-10-26)20-7-6-17(14-19(20)24)25-21(28)8-4-15-3-5-16(22)13-18(15)23/h3-8,13-14H,2,9-12H2,1H3,(H,25,28)/p+1/b8-4+. The van der Waals surface area contributed by atoms with E-state index in [9.17, 15) is 4.79 Å². The highest BCUT2D eigenvalue weighted by Crippen LogP contribution is 2.29. The Hall–Kier alpha value is -1.72. The number of benzene rings is 2. The molecule has 0 unspecified atom stereocenters. The largest absolute Gasteiger partial charge is 0.359 e. The first-order valence-corrected chi connectivity index (χ1v) is 10.4. The fourth-order valence-electron chi connectivity index (χ4n) is 3.24. The second-order valence-corrected chi connectivity index (χ2v) is 8.00. The van der Waals surface area contributed by atoms with Gasteiger partial charge in [-0.25, -0.2) is 0 Å². The van der Waals surface area contributed by atoms with Gasteiger partial charge >= 0.3 is 0 Å². The third kappa shape index (κ3) is 5.42. The van der Waals surface area contributed by atoms with Crippen LogP contribution in [0.2, 0.25) is 15.1 Å². The van der Waals surface area contributed by atoms with Crippen molar-refractivity contribution in [1.82, 2.24) is 0 Å². The van der Waals surface area contributed by atoms with Crippen LogP contribution in [-0.2, 0) is 4.79 Å². The lowest BCUT2D eigenvalue weighted by molar-refractivity contribution is -0.898. The molecule has 1 fully saturated rings. The third-order valence-corrected chi connectivity index (χ3v) is 5.77. The number of carbonyl (C=O) groups excluding carboxylic acids is 1. The Bertz CT molecular complexity index is 877. The number of amides is 1. The fourth-order valence-corrected chi connectivity index (χ4v) is 4.02. The highest BCUT2D eigenvalue weighted by Gasteiger charge is 2.20. The number of rotatable bonds is 5. The number of halogens is 3. The monoisotopic (exact) mass is 438 g/mol. The summed E-state index contributed by atoms with van der Waals surface area (Å²) in [5.74, 6) is -0.255. The zero-order valence-electron chi connectivity index (χ0n) is 15.6. The van der Waals surface area contributed by atoms with Crippen molar-refractivity contribution in [3.05, 3.63) is 63.1 Å². The summed E-state index contributed by atoms with van der Waals surface area (Å²) in [7, 11) is 0. The molecule has 1 aliphatic rings. The van der Waals surface area contributed by atoms with E-state index in [4.69, 9.17) is 34.8 Å². The number of carbonyl (C=O) groups is 1. The van der Waals surface area contributed by atoms with Crippen LogP contribution >= 0.6 is 34.8 Å². The Kier molecular flexibility index (Phi) is 7.24. The van der Waals surface area contributed by atoms with Crippen LogP contribution in [0.1, 0.15) is 12.5 Å². The maximum atomic E-state index is 12.2. The van der Waals surface area contributed by atoms with Gasteiger partial charge in [0.2, 0.25) is 5.91 Å². The normalized spacial score (nSPS) is 15.2. The summed E-state index contributed by atoms with van der Waals surface area (Å²) in [5, 5.41) is 4.52. The zero-order chi connectivity index (χ0) is 20.1. The van der Waals surface area contributed by atoms with E-state index < -0.39 is 0 Å². The quantitative estimate of drug-likeness (QED) is 0.690. The number of nitrogens with zero attached hydrogens (tertiary/aromatic N) is 1. The van der Waals surface area contributed by atoms with Crippen molar-refractivity contribution in [2.45, 2.75) is 6.92 Å². The molecule has 4 nitrogen and oxygen atoms in total. The molecule has 0 radical (unpaired) electrons. The van der Waals surface area contributed by atoms with Gasteiger partial charge < -0.3 is 15.1 Å². The molecule has 2 aromatic rings. The molecule has 3 rings (SSSR count). The topological polar surface area (TPSA) is 36.8 Å². The van der Waals surface area contributed by atoms with Gasteiger partial charge in [0.05, 0.1) is 43.4 Å². The van der Waals surface area contributed by atoms with Gasteiger partial charge in [-0.3, -0.25) is 4.79 Å². The van der Waals surface area contributed by atoms with E-state index in [1.54, 1.807) is 35.2 Å². The Morgan fingerprint density at radius 3 is 2.50 bits per heavy atom. The van der Waals surface area contributed by atoms with E-state index in [-0.39, 0.29) is 5.91 Å². The molecule has 0 atom stereocenters. The second-order valence-electron chi connectivity index (χ2n) is 6.75. The molecular weight excluding hydrogens is 417 g/mol. The zero-order valence-corrected chi connectivity index (χ0v) is 17.9. The molecule has 7 heteroatoms. The van der Waals surface area contributed by atoms with E-state index in [0.29, 0.717) is 20.8 Å². The van der Waals surface area contributed by atoms with Crippen molar-refractivity contribution in [1.29, 1.82) is 0 Å². The predicted molar refractivity (Wildman–Crippen MR) is 119 cm³/mol. The van der Waals surface area contributed by atoms with E-state index in [2.05, 4.69) is 17.1 Å². The van der Waals surface area contributed by atoms with E-state index in [1.807, 2.05) is 12.1 Å². The number of hydrogen-bond donors (Lipinski definition) is 2. The molecule has 148 valence electrons. The van der Waals surface area contributed by atoms with Gasteiger partial charge in [0.1, 0.15) is 0 Å². The molecule has 2 N–H and O–H groups in total. The minimum atomic E-state index is -0.255. The first kappa shape index (κ1) is 21.0. The van der Waals surface area contributed by atoms with E-state index >= 15 is 0 Å². The van der Waals surface area contributed by atoms with Crippen LogP contribution in [-0.4, -0.2) is 38.6 Å². The minimum absolute atomic E-state index is 0.255. The summed E-state index contributed by atoms with van der Waals surface area (Å²) in [6.45, 7) is 7.57. The van der Waals surface area contributed by atoms with Crippen molar-refractivity contribution in [3.63, 3.8) is 0 Å². The van der Waals surface area contributed by atoms with Crippen LogP contribution < -0.4 is 15.1 Å². The number of nitrogens with one attached hydrogen (secondary N) is 2. The number of anilines is 2. The molecular formula is C21H23Cl3N3O+. The smallest absolute Gasteiger partial charge is 0.248 e. The molecule has 1 heterocycles. The minimum Gasteiger partial charge on any atom is -0.359 e. The molecule has 0 aromatic heterocycles. The maximum absolute atomic E-state index is 12.2. The summed E-state index contributed by atoms with van der Waals surface area (Å²) in [6, 6.07) is 10.8. The van der Waals surface area contributed by atoms with Crippen LogP contribution in [0.15, 0.2) is 42.5 Å². The molecule has 1 saturated heterocycles. The van der Waals surface area contributed by atoms with Gasteiger partial charge in [-0.15, -0.1) is 0 Å². The molecule has 2 aromatic carbocycles. The number of hydrogen-bond acceptors (Lipinski definition) is 2. The molecule has 0 spiro atoms. The van der Waals surface area contributed by atoms with Crippen LogP contribution in [0.4, 0.5) is 11.4 Å². The summed E-state index contributed by atoms with van der Waals surface area (Å²) in [5.41, 5.74) is 2.39. The van der Waals surface area contributed by atoms with Gasteiger partial charge in [0.15, 0.2) is 0 Å². The molecule has 1 aliphatic heterocycles. The van der Waals surface area contributed by atoms with Gasteiger partial charge in [0.25, 0.3) is 0 Å². The first-order chi connectivity index (χ1) is 13.5. The first-order valence-electron chi connectivity index (χ1n) is 9.28. The maximum Gasteiger partial charge on any atom is 0.248 e. The summed E-state index contributed by atoms with van der Waals surface area (Å²) in [6.07, 6.45) is 3.09. The van der Waals surface area contributed by atoms with Gasteiger partial charge in [-0.2, -0.15) is 0 Å². The Labute approximate surface area is 180 Å². The average Bonchev–Trinajstić information content (AvgIpc) is 2.67. The van der Waals surface area contributed by atoms with Crippen molar-refractivity contribution < 1.29 is 9.69 Å². The highest BCUT2D eigenvalue weighted by atomic mass is 35.5. The SMILES string of the molecule is CC[NH+]1CCN(c2ccc(NC(=O)/C=C/c3ccc(Cl)cc3Cl)cc2Cl)CC1. The Balaban J connectivity index is 1.62. The van der Waals surface area contributed by atoms with E-state index in [1.165, 1.54) is 6.08 Å². The van der Waals surface area contributed by atoms with E-state index in [0.717, 1.165) is 44.0 Å². The van der Waals surface area contributed by atoms with Crippen LogP contribution in [0.3, 0.4) is 0 Å². The number of likely N-dealkylation sites (N-methyl/N-ethyl adjacent to an activating group) is 1. The number of piperazine rings is 1. The summed E-state index contributed by atoms with van der Waals surface area (Å²) in [4.78, 5) is 16.1. The lowest BCUT2D eigenvalue weighted by Gasteiger charge is -2.33. The third-order valence-electron chi connectivity index (χ3n) is 4.90. The van der Waals surface area contributed by atoms with Crippen molar-refractivity contribution >= 4 is 58.2 Å². The lowest BCUT2D eigenvalue weighted by atomic mass is 10.2. The van der Waals surface area contributed by atoms with Gasteiger partial charge in [0, 0.05) is 21.8 Å². The van der Waals surface area contributed by atoms with Crippen LogP contribution in [0.5, 0.6) is 0 Å². The van der Waals surface area contributed by atoms with Crippen molar-refractivity contribution in [3.8, 4) is 0 Å². The summed E-state index contributed by atoms with van der Waals surface area (Å²) < 4.78 is 0. The van der Waals surface area contributed by atoms with Crippen LogP contribution in [0, 0.1) is 0 Å². The van der Waals surface area contributed by atoms with Crippen molar-refractivity contribution in [2.24, 2.45) is 0 Å². The van der Waals surface area contributed by atoms with Crippen LogP contribution in [0.25, 0.3) is 6.08 Å². The van der Waals surface area contributed by atoms with Crippen molar-refractivity contribution in [2.75, 3.05) is 42.9 Å². The Morgan fingerprint density at radius 2 is 1.86 bits per heavy atom. The highest BCUT2D eigenvalue weighted by molar-refractivity contribution is 6.35. The molecule has 0 aliphatic carbocycles. The fraction of sp³-hybridized carbons (Fsp3) is 0.286. The second kappa shape index (κ2) is 9.66. The molecule has 1 amide bonds. The Morgan fingerprint density at radius 1 is 1.11 bits per heavy atom.